The Morgan fingerprint density at radius 1 is 1.02 bits per heavy atom. The van der Waals surface area contributed by atoms with Crippen LogP contribution in [0.1, 0.15) is 40.0 Å². The van der Waals surface area contributed by atoms with Gasteiger partial charge in [-0.15, -0.1) is 13.2 Å². The summed E-state index contributed by atoms with van der Waals surface area (Å²) in [5.41, 5.74) is -1.24. The van der Waals surface area contributed by atoms with Gasteiger partial charge >= 0.3 is 18.3 Å². The summed E-state index contributed by atoms with van der Waals surface area (Å²) in [5, 5.41) is 11.1. The summed E-state index contributed by atoms with van der Waals surface area (Å²) in [7, 11) is 0. The minimum absolute atomic E-state index is 0.0256. The molecular formula is C30H22ClF6N5O3. The standard InChI is InChI=1S/C30H22ClF6N5O3/c1-17-25(38-27(43)19-7-13-24(14-8-19)44-30(35,36)37)16-41(39-17)22-9-5-18(6-10-22)26-40-45-28(29(32,33)34,42(26)23-11-12-23)20-3-2-4-21(31)15-20/h2-10,13-16,23H,11-12H2,1H3,(H,38,43). The molecule has 0 bridgehead atoms. The molecule has 3 aromatic carbocycles. The number of amidine groups is 1. The molecule has 4 aromatic rings. The number of nitrogens with one attached hydrogen (secondary N) is 1. The Hall–Kier alpha value is -4.72. The number of hydrogen-bond acceptors (Lipinski definition) is 6. The van der Waals surface area contributed by atoms with Gasteiger partial charge < -0.3 is 14.9 Å². The van der Waals surface area contributed by atoms with Crippen molar-refractivity contribution < 1.29 is 40.7 Å². The van der Waals surface area contributed by atoms with Gasteiger partial charge in [-0.3, -0.25) is 9.69 Å². The van der Waals surface area contributed by atoms with E-state index in [4.69, 9.17) is 16.4 Å². The Bertz CT molecular complexity index is 1770. The minimum atomic E-state index is -4.85. The molecule has 234 valence electrons. The Morgan fingerprint density at radius 2 is 1.71 bits per heavy atom. The third kappa shape index (κ3) is 5.89. The quantitative estimate of drug-likeness (QED) is 0.209. The van der Waals surface area contributed by atoms with Gasteiger partial charge in [0.25, 0.3) is 5.91 Å². The molecule has 1 fully saturated rings. The summed E-state index contributed by atoms with van der Waals surface area (Å²) in [6.07, 6.45) is -7.11. The van der Waals surface area contributed by atoms with Crippen molar-refractivity contribution >= 4 is 29.0 Å². The molecular weight excluding hydrogens is 628 g/mol. The van der Waals surface area contributed by atoms with Crippen molar-refractivity contribution in [2.45, 2.75) is 44.1 Å². The monoisotopic (exact) mass is 649 g/mol. The van der Waals surface area contributed by atoms with E-state index in [9.17, 15) is 31.1 Å². The molecule has 1 aromatic heterocycles. The highest BCUT2D eigenvalue weighted by atomic mass is 35.5. The predicted octanol–water partition coefficient (Wildman–Crippen LogP) is 7.56. The van der Waals surface area contributed by atoms with Gasteiger partial charge in [0.1, 0.15) is 5.75 Å². The smallest absolute Gasteiger partial charge is 0.406 e. The van der Waals surface area contributed by atoms with E-state index >= 15 is 0 Å². The van der Waals surface area contributed by atoms with Crippen LogP contribution in [0, 0.1) is 6.92 Å². The summed E-state index contributed by atoms with van der Waals surface area (Å²) >= 11 is 6.05. The summed E-state index contributed by atoms with van der Waals surface area (Å²) in [6.45, 7) is 1.64. The van der Waals surface area contributed by atoms with Gasteiger partial charge in [-0.1, -0.05) is 28.9 Å². The molecule has 0 radical (unpaired) electrons. The molecule has 1 N–H and O–H groups in total. The van der Waals surface area contributed by atoms with Gasteiger partial charge in [0, 0.05) is 27.8 Å². The number of aryl methyl sites for hydroxylation is 1. The number of aromatic nitrogens is 2. The molecule has 15 heteroatoms. The van der Waals surface area contributed by atoms with Gasteiger partial charge in [0.05, 0.1) is 23.3 Å². The van der Waals surface area contributed by atoms with E-state index in [0.717, 1.165) is 12.1 Å². The first kappa shape index (κ1) is 30.3. The molecule has 2 aliphatic rings. The van der Waals surface area contributed by atoms with Crippen molar-refractivity contribution in [2.75, 3.05) is 5.32 Å². The van der Waals surface area contributed by atoms with Crippen LogP contribution in [0.25, 0.3) is 5.69 Å². The van der Waals surface area contributed by atoms with Crippen LogP contribution in [0.2, 0.25) is 5.02 Å². The number of hydrogen-bond donors (Lipinski definition) is 1. The number of benzene rings is 3. The summed E-state index contributed by atoms with van der Waals surface area (Å²) < 4.78 is 86.9. The van der Waals surface area contributed by atoms with Gasteiger partial charge in [0.15, 0.2) is 5.84 Å². The van der Waals surface area contributed by atoms with Crippen LogP contribution in [0.3, 0.4) is 0 Å². The lowest BCUT2D eigenvalue weighted by molar-refractivity contribution is -0.318. The Morgan fingerprint density at radius 3 is 2.31 bits per heavy atom. The van der Waals surface area contributed by atoms with Gasteiger partial charge in [-0.25, -0.2) is 4.68 Å². The molecule has 6 rings (SSSR count). The second-order valence-electron chi connectivity index (χ2n) is 10.4. The predicted molar refractivity (Wildman–Crippen MR) is 151 cm³/mol. The molecule has 0 saturated heterocycles. The highest BCUT2D eigenvalue weighted by Gasteiger charge is 2.69. The number of amides is 1. The lowest BCUT2D eigenvalue weighted by Gasteiger charge is -2.39. The molecule has 1 atom stereocenters. The number of nitrogens with zero attached hydrogens (tertiary/aromatic N) is 4. The maximum Gasteiger partial charge on any atom is 0.573 e. The molecule has 1 aliphatic heterocycles. The first-order chi connectivity index (χ1) is 21.2. The van der Waals surface area contributed by atoms with Crippen LogP contribution in [0.4, 0.5) is 32.0 Å². The second kappa shape index (κ2) is 11.0. The van der Waals surface area contributed by atoms with E-state index in [1.807, 2.05) is 0 Å². The molecule has 1 unspecified atom stereocenters. The third-order valence-electron chi connectivity index (χ3n) is 7.23. The molecule has 0 spiro atoms. The zero-order valence-electron chi connectivity index (χ0n) is 23.2. The maximum atomic E-state index is 14.8. The third-order valence-corrected chi connectivity index (χ3v) is 7.47. The largest absolute Gasteiger partial charge is 0.573 e. The molecule has 1 aliphatic carbocycles. The number of oxime groups is 1. The maximum absolute atomic E-state index is 14.8. The van der Waals surface area contributed by atoms with E-state index in [1.54, 1.807) is 31.2 Å². The lowest BCUT2D eigenvalue weighted by atomic mass is 9.98. The van der Waals surface area contributed by atoms with Crippen LogP contribution >= 0.6 is 11.6 Å². The zero-order chi connectivity index (χ0) is 32.1. The number of alkyl halides is 6. The fourth-order valence-corrected chi connectivity index (χ4v) is 5.22. The highest BCUT2D eigenvalue weighted by molar-refractivity contribution is 6.30. The molecule has 2 heterocycles. The van der Waals surface area contributed by atoms with Crippen LogP contribution in [-0.2, 0) is 10.6 Å². The first-order valence-electron chi connectivity index (χ1n) is 13.5. The lowest BCUT2D eigenvalue weighted by Crippen LogP contribution is -2.57. The van der Waals surface area contributed by atoms with Crippen LogP contribution in [0.5, 0.6) is 5.75 Å². The molecule has 1 amide bonds. The van der Waals surface area contributed by atoms with Gasteiger partial charge in [-0.05, 0) is 80.4 Å². The second-order valence-corrected chi connectivity index (χ2v) is 10.8. The van der Waals surface area contributed by atoms with Gasteiger partial charge in [0.2, 0.25) is 0 Å². The Labute approximate surface area is 256 Å². The number of rotatable bonds is 7. The van der Waals surface area contributed by atoms with Crippen LogP contribution in [-0.4, -0.2) is 45.0 Å². The average molecular weight is 650 g/mol. The Kier molecular flexibility index (Phi) is 7.42. The molecule has 1 saturated carbocycles. The van der Waals surface area contributed by atoms with Crippen molar-refractivity contribution in [3.63, 3.8) is 0 Å². The van der Waals surface area contributed by atoms with Crippen molar-refractivity contribution in [1.82, 2.24) is 14.7 Å². The van der Waals surface area contributed by atoms with Crippen molar-refractivity contribution in [3.8, 4) is 11.4 Å². The van der Waals surface area contributed by atoms with E-state index < -0.39 is 36.0 Å². The summed E-state index contributed by atoms with van der Waals surface area (Å²) in [5.74, 6) is -1.02. The zero-order valence-corrected chi connectivity index (χ0v) is 23.9. The van der Waals surface area contributed by atoms with E-state index in [-0.39, 0.29) is 22.0 Å². The van der Waals surface area contributed by atoms with E-state index in [2.05, 4.69) is 20.3 Å². The fourth-order valence-electron chi connectivity index (χ4n) is 5.02. The number of halogens is 7. The van der Waals surface area contributed by atoms with Crippen LogP contribution < -0.4 is 10.1 Å². The summed E-state index contributed by atoms with van der Waals surface area (Å²) in [6, 6.07) is 15.9. The van der Waals surface area contributed by atoms with E-state index in [1.165, 1.54) is 52.2 Å². The van der Waals surface area contributed by atoms with Crippen molar-refractivity contribution in [3.05, 3.63) is 106 Å². The average Bonchev–Trinajstić information content (AvgIpc) is 3.62. The summed E-state index contributed by atoms with van der Waals surface area (Å²) in [4.78, 5) is 19.2. The van der Waals surface area contributed by atoms with Gasteiger partial charge in [-0.2, -0.15) is 18.3 Å². The SMILES string of the molecule is Cc1nn(-c2ccc(C3=NOC(c4cccc(Cl)c4)(C(F)(F)F)N3C3CC3)cc2)cc1NC(=O)c1ccc(OC(F)(F)F)cc1. The number of carbonyl (C=O) groups is 1. The molecule has 8 nitrogen and oxygen atoms in total. The van der Waals surface area contributed by atoms with Crippen molar-refractivity contribution in [1.29, 1.82) is 0 Å². The Balaban J connectivity index is 1.22. The fraction of sp³-hybridized carbons (Fsp3) is 0.233. The topological polar surface area (TPSA) is 81.0 Å². The normalized spacial score (nSPS) is 18.4. The number of ether oxygens (including phenoxy) is 1. The van der Waals surface area contributed by atoms with Crippen molar-refractivity contribution in [2.24, 2.45) is 5.16 Å². The molecule has 45 heavy (non-hydrogen) atoms. The van der Waals surface area contributed by atoms with E-state index in [0.29, 0.717) is 35.5 Å². The number of carbonyl (C=O) groups excluding carboxylic acids is 1. The number of anilines is 1. The van der Waals surface area contributed by atoms with Crippen LogP contribution in [0.15, 0.2) is 84.1 Å². The first-order valence-corrected chi connectivity index (χ1v) is 13.9. The minimum Gasteiger partial charge on any atom is -0.406 e. The highest BCUT2D eigenvalue weighted by Crippen LogP contribution is 2.53.